The summed E-state index contributed by atoms with van der Waals surface area (Å²) in [5.41, 5.74) is 1.69. The van der Waals surface area contributed by atoms with Crippen LogP contribution < -0.4 is 5.32 Å². The van der Waals surface area contributed by atoms with Crippen LogP contribution in [0.5, 0.6) is 0 Å². The van der Waals surface area contributed by atoms with Gasteiger partial charge in [-0.25, -0.2) is 0 Å². The summed E-state index contributed by atoms with van der Waals surface area (Å²) in [5, 5.41) is 3.14. The molecule has 1 saturated heterocycles. The first-order chi connectivity index (χ1) is 9.72. The molecule has 0 atom stereocenters. The summed E-state index contributed by atoms with van der Waals surface area (Å²) in [6.45, 7) is 5.54. The molecule has 1 aromatic rings. The zero-order valence-electron chi connectivity index (χ0n) is 12.1. The Morgan fingerprint density at radius 3 is 2.80 bits per heavy atom. The van der Waals surface area contributed by atoms with Gasteiger partial charge in [0.1, 0.15) is 0 Å². The Hall–Kier alpha value is -1.06. The fraction of sp³-hybridized carbons (Fsp3) is 0.562. The SMILES string of the molecule is CCCN1CCC(NC(=O)c2cccc(CCl)c2)CC1. The lowest BCUT2D eigenvalue weighted by molar-refractivity contribution is 0.0911. The molecule has 0 bridgehead atoms. The number of benzene rings is 1. The summed E-state index contributed by atoms with van der Waals surface area (Å²) in [5.74, 6) is 0.460. The van der Waals surface area contributed by atoms with Crippen molar-refractivity contribution in [1.82, 2.24) is 10.2 Å². The van der Waals surface area contributed by atoms with Gasteiger partial charge in [0.25, 0.3) is 5.91 Å². The van der Waals surface area contributed by atoms with E-state index in [0.717, 1.165) is 31.5 Å². The van der Waals surface area contributed by atoms with Gasteiger partial charge in [-0.15, -0.1) is 11.6 Å². The van der Waals surface area contributed by atoms with E-state index in [4.69, 9.17) is 11.6 Å². The van der Waals surface area contributed by atoms with Crippen molar-refractivity contribution in [2.75, 3.05) is 19.6 Å². The standard InChI is InChI=1S/C16H23ClN2O/c1-2-8-19-9-6-15(7-10-19)18-16(20)14-5-3-4-13(11-14)12-17/h3-5,11,15H,2,6-10,12H2,1H3,(H,18,20). The van der Waals surface area contributed by atoms with Crippen molar-refractivity contribution in [1.29, 1.82) is 0 Å². The molecule has 0 aromatic heterocycles. The minimum absolute atomic E-state index is 0.0194. The van der Waals surface area contributed by atoms with Crippen molar-refractivity contribution in [2.24, 2.45) is 0 Å². The molecule has 0 saturated carbocycles. The third-order valence-electron chi connectivity index (χ3n) is 3.81. The highest BCUT2D eigenvalue weighted by Crippen LogP contribution is 2.13. The average Bonchev–Trinajstić information content (AvgIpc) is 2.49. The number of halogens is 1. The normalized spacial score (nSPS) is 17.1. The maximum absolute atomic E-state index is 12.2. The molecule has 1 N–H and O–H groups in total. The van der Waals surface area contributed by atoms with Crippen LogP contribution in [-0.2, 0) is 5.88 Å². The highest BCUT2D eigenvalue weighted by atomic mass is 35.5. The second-order valence-electron chi connectivity index (χ2n) is 5.42. The Morgan fingerprint density at radius 1 is 1.40 bits per heavy atom. The molecular formula is C16H23ClN2O. The van der Waals surface area contributed by atoms with Gasteiger partial charge in [0.2, 0.25) is 0 Å². The van der Waals surface area contributed by atoms with Gasteiger partial charge in [-0.3, -0.25) is 4.79 Å². The number of piperidine rings is 1. The largest absolute Gasteiger partial charge is 0.349 e. The molecule has 1 heterocycles. The van der Waals surface area contributed by atoms with Crippen molar-refractivity contribution < 1.29 is 4.79 Å². The molecule has 0 spiro atoms. The summed E-state index contributed by atoms with van der Waals surface area (Å²) in [6, 6.07) is 7.84. The smallest absolute Gasteiger partial charge is 0.251 e. The molecule has 1 aliphatic heterocycles. The topological polar surface area (TPSA) is 32.3 Å². The van der Waals surface area contributed by atoms with Gasteiger partial charge in [-0.1, -0.05) is 19.1 Å². The quantitative estimate of drug-likeness (QED) is 0.847. The summed E-state index contributed by atoms with van der Waals surface area (Å²) < 4.78 is 0. The van der Waals surface area contributed by atoms with E-state index >= 15 is 0 Å². The predicted molar refractivity (Wildman–Crippen MR) is 83.2 cm³/mol. The Morgan fingerprint density at radius 2 is 2.15 bits per heavy atom. The number of carbonyl (C=O) groups is 1. The van der Waals surface area contributed by atoms with E-state index in [0.29, 0.717) is 17.5 Å². The maximum Gasteiger partial charge on any atom is 0.251 e. The fourth-order valence-electron chi connectivity index (χ4n) is 2.68. The number of rotatable bonds is 5. The number of amides is 1. The van der Waals surface area contributed by atoms with Crippen LogP contribution in [0.1, 0.15) is 42.1 Å². The van der Waals surface area contributed by atoms with Crippen molar-refractivity contribution in [2.45, 2.75) is 38.1 Å². The van der Waals surface area contributed by atoms with E-state index in [1.54, 1.807) is 0 Å². The third-order valence-corrected chi connectivity index (χ3v) is 4.11. The number of likely N-dealkylation sites (tertiary alicyclic amines) is 1. The minimum atomic E-state index is 0.0194. The first kappa shape index (κ1) is 15.3. The van der Waals surface area contributed by atoms with Gasteiger partial charge in [0.05, 0.1) is 0 Å². The van der Waals surface area contributed by atoms with Gasteiger partial charge in [0.15, 0.2) is 0 Å². The van der Waals surface area contributed by atoms with Gasteiger partial charge >= 0.3 is 0 Å². The molecule has 1 fully saturated rings. The molecule has 20 heavy (non-hydrogen) atoms. The maximum atomic E-state index is 12.2. The lowest BCUT2D eigenvalue weighted by atomic mass is 10.0. The molecule has 1 aromatic carbocycles. The molecule has 0 aliphatic carbocycles. The lowest BCUT2D eigenvalue weighted by Gasteiger charge is -2.32. The van der Waals surface area contributed by atoms with E-state index in [-0.39, 0.29) is 5.91 Å². The molecule has 0 radical (unpaired) electrons. The van der Waals surface area contributed by atoms with Crippen LogP contribution >= 0.6 is 11.6 Å². The first-order valence-electron chi connectivity index (χ1n) is 7.41. The Balaban J connectivity index is 1.86. The van der Waals surface area contributed by atoms with Gasteiger partial charge in [-0.05, 0) is 43.5 Å². The highest BCUT2D eigenvalue weighted by Gasteiger charge is 2.20. The Kier molecular flexibility index (Phi) is 5.86. The molecule has 3 nitrogen and oxygen atoms in total. The lowest BCUT2D eigenvalue weighted by Crippen LogP contribution is -2.44. The van der Waals surface area contributed by atoms with Gasteiger partial charge in [-0.2, -0.15) is 0 Å². The van der Waals surface area contributed by atoms with Crippen LogP contribution in [0.25, 0.3) is 0 Å². The van der Waals surface area contributed by atoms with E-state index in [2.05, 4.69) is 17.1 Å². The molecular weight excluding hydrogens is 272 g/mol. The van der Waals surface area contributed by atoms with E-state index < -0.39 is 0 Å². The first-order valence-corrected chi connectivity index (χ1v) is 7.94. The predicted octanol–water partition coefficient (Wildman–Crippen LogP) is 3.03. The molecule has 1 aliphatic rings. The van der Waals surface area contributed by atoms with Crippen molar-refractivity contribution in [3.05, 3.63) is 35.4 Å². The van der Waals surface area contributed by atoms with Crippen LogP contribution in [0.15, 0.2) is 24.3 Å². The van der Waals surface area contributed by atoms with E-state index in [1.807, 2.05) is 24.3 Å². The highest BCUT2D eigenvalue weighted by molar-refractivity contribution is 6.17. The van der Waals surface area contributed by atoms with Gasteiger partial charge in [0, 0.05) is 30.6 Å². The van der Waals surface area contributed by atoms with Crippen LogP contribution in [0.4, 0.5) is 0 Å². The molecule has 0 unspecified atom stereocenters. The number of alkyl halides is 1. The molecule has 2 rings (SSSR count). The van der Waals surface area contributed by atoms with Crippen LogP contribution in [-0.4, -0.2) is 36.5 Å². The summed E-state index contributed by atoms with van der Waals surface area (Å²) in [6.07, 6.45) is 3.28. The van der Waals surface area contributed by atoms with Crippen molar-refractivity contribution in [3.8, 4) is 0 Å². The second-order valence-corrected chi connectivity index (χ2v) is 5.69. The Labute approximate surface area is 126 Å². The molecule has 4 heteroatoms. The van der Waals surface area contributed by atoms with Gasteiger partial charge < -0.3 is 10.2 Å². The second kappa shape index (κ2) is 7.65. The number of hydrogen-bond acceptors (Lipinski definition) is 2. The van der Waals surface area contributed by atoms with Crippen LogP contribution in [0.2, 0.25) is 0 Å². The average molecular weight is 295 g/mol. The monoisotopic (exact) mass is 294 g/mol. The number of carbonyl (C=O) groups excluding carboxylic acids is 1. The van der Waals surface area contributed by atoms with Crippen molar-refractivity contribution in [3.63, 3.8) is 0 Å². The number of nitrogens with zero attached hydrogens (tertiary/aromatic N) is 1. The van der Waals surface area contributed by atoms with Crippen LogP contribution in [0, 0.1) is 0 Å². The minimum Gasteiger partial charge on any atom is -0.349 e. The molecule has 110 valence electrons. The third kappa shape index (κ3) is 4.22. The van der Waals surface area contributed by atoms with Crippen LogP contribution in [0.3, 0.4) is 0 Å². The number of hydrogen-bond donors (Lipinski definition) is 1. The zero-order valence-corrected chi connectivity index (χ0v) is 12.8. The van der Waals surface area contributed by atoms with E-state index in [9.17, 15) is 4.79 Å². The summed E-state index contributed by atoms with van der Waals surface area (Å²) in [4.78, 5) is 14.7. The summed E-state index contributed by atoms with van der Waals surface area (Å²) in [7, 11) is 0. The summed E-state index contributed by atoms with van der Waals surface area (Å²) >= 11 is 5.80. The number of nitrogens with one attached hydrogen (secondary N) is 1. The zero-order chi connectivity index (χ0) is 14.4. The Bertz CT molecular complexity index is 442. The molecule has 1 amide bonds. The van der Waals surface area contributed by atoms with E-state index in [1.165, 1.54) is 13.0 Å². The fourth-order valence-corrected chi connectivity index (χ4v) is 2.85. The van der Waals surface area contributed by atoms with Crippen molar-refractivity contribution >= 4 is 17.5 Å².